The number of hydrogen-bond acceptors (Lipinski definition) is 6. The molecule has 7 N–H and O–H groups in total. The van der Waals surface area contributed by atoms with Crippen molar-refractivity contribution in [1.82, 2.24) is 16.0 Å². The fourth-order valence-electron chi connectivity index (χ4n) is 3.33. The van der Waals surface area contributed by atoms with Crippen LogP contribution in [0.5, 0.6) is 0 Å². The maximum Gasteiger partial charge on any atom is 0.326 e. The van der Waals surface area contributed by atoms with E-state index >= 15 is 0 Å². The quantitative estimate of drug-likeness (QED) is 0.213. The Kier molecular flexibility index (Phi) is 11.9. The molecule has 0 saturated carbocycles. The number of amides is 3. The molecule has 1 aromatic carbocycles. The van der Waals surface area contributed by atoms with Crippen LogP contribution in [0.3, 0.4) is 0 Å². The Bertz CT molecular complexity index is 891. The van der Waals surface area contributed by atoms with Crippen LogP contribution < -0.4 is 21.7 Å². The van der Waals surface area contributed by atoms with E-state index in [9.17, 15) is 29.1 Å². The van der Waals surface area contributed by atoms with Crippen LogP contribution >= 0.6 is 0 Å². The Morgan fingerprint density at radius 3 is 1.91 bits per heavy atom. The summed E-state index contributed by atoms with van der Waals surface area (Å²) in [5.74, 6) is -5.33. The van der Waals surface area contributed by atoms with Crippen molar-refractivity contribution in [3.63, 3.8) is 0 Å². The third-order valence-corrected chi connectivity index (χ3v) is 5.67. The topological polar surface area (TPSA) is 188 Å². The van der Waals surface area contributed by atoms with Gasteiger partial charge in [-0.3, -0.25) is 19.2 Å². The van der Waals surface area contributed by atoms with E-state index in [4.69, 9.17) is 10.8 Å². The minimum atomic E-state index is -1.37. The van der Waals surface area contributed by atoms with Crippen LogP contribution in [-0.2, 0) is 30.4 Å². The zero-order valence-electron chi connectivity index (χ0n) is 20.5. The third-order valence-electron chi connectivity index (χ3n) is 5.67. The van der Waals surface area contributed by atoms with Gasteiger partial charge in [-0.05, 0) is 17.4 Å². The second-order valence-electron chi connectivity index (χ2n) is 8.90. The predicted octanol–water partition coefficient (Wildman–Crippen LogP) is 0.272. The maximum atomic E-state index is 13.2. The second-order valence-corrected chi connectivity index (χ2v) is 8.90. The lowest BCUT2D eigenvalue weighted by Gasteiger charge is -2.28. The number of carbonyl (C=O) groups excluding carboxylic acids is 3. The summed E-state index contributed by atoms with van der Waals surface area (Å²) in [4.78, 5) is 61.1. The lowest BCUT2D eigenvalue weighted by molar-refractivity contribution is -0.144. The maximum absolute atomic E-state index is 13.2. The SMILES string of the molecule is CCC(C)C(NC(=O)C(Cc1ccccc1)NC(=O)C(N)CC(=O)O)C(=O)NC(C(=O)O)C(C)C. The molecule has 11 nitrogen and oxygen atoms in total. The molecule has 1 aromatic rings. The van der Waals surface area contributed by atoms with Crippen LogP contribution in [-0.4, -0.2) is 64.0 Å². The number of rotatable bonds is 14. The highest BCUT2D eigenvalue weighted by atomic mass is 16.4. The first-order chi connectivity index (χ1) is 16.4. The fourth-order valence-corrected chi connectivity index (χ4v) is 3.33. The number of carboxylic acids is 2. The highest BCUT2D eigenvalue weighted by molar-refractivity contribution is 5.95. The van der Waals surface area contributed by atoms with E-state index in [1.165, 1.54) is 0 Å². The molecule has 0 aromatic heterocycles. The Morgan fingerprint density at radius 1 is 0.857 bits per heavy atom. The molecule has 0 radical (unpaired) electrons. The molecule has 194 valence electrons. The van der Waals surface area contributed by atoms with Gasteiger partial charge in [-0.15, -0.1) is 0 Å². The van der Waals surface area contributed by atoms with E-state index in [-0.39, 0.29) is 18.3 Å². The van der Waals surface area contributed by atoms with Crippen LogP contribution in [0.2, 0.25) is 0 Å². The van der Waals surface area contributed by atoms with Crippen molar-refractivity contribution in [3.8, 4) is 0 Å². The number of benzene rings is 1. The smallest absolute Gasteiger partial charge is 0.326 e. The van der Waals surface area contributed by atoms with E-state index < -0.39 is 60.2 Å². The van der Waals surface area contributed by atoms with Crippen LogP contribution in [0.15, 0.2) is 30.3 Å². The Hall–Kier alpha value is -3.47. The average molecular weight is 493 g/mol. The van der Waals surface area contributed by atoms with Gasteiger partial charge in [0.15, 0.2) is 0 Å². The van der Waals surface area contributed by atoms with Gasteiger partial charge in [-0.25, -0.2) is 4.79 Å². The summed E-state index contributed by atoms with van der Waals surface area (Å²) in [5, 5.41) is 25.9. The van der Waals surface area contributed by atoms with Gasteiger partial charge in [0.05, 0.1) is 12.5 Å². The van der Waals surface area contributed by atoms with Gasteiger partial charge in [-0.2, -0.15) is 0 Å². The first-order valence-corrected chi connectivity index (χ1v) is 11.5. The predicted molar refractivity (Wildman–Crippen MR) is 128 cm³/mol. The van der Waals surface area contributed by atoms with Crippen molar-refractivity contribution in [2.24, 2.45) is 17.6 Å². The number of nitrogens with two attached hydrogens (primary N) is 1. The molecule has 0 spiro atoms. The molecule has 0 heterocycles. The monoisotopic (exact) mass is 492 g/mol. The number of hydrogen-bond donors (Lipinski definition) is 6. The molecular formula is C24H36N4O7. The summed E-state index contributed by atoms with van der Waals surface area (Å²) >= 11 is 0. The van der Waals surface area contributed by atoms with Crippen LogP contribution in [0.25, 0.3) is 0 Å². The highest BCUT2D eigenvalue weighted by Crippen LogP contribution is 2.12. The minimum absolute atomic E-state index is 0.0663. The molecule has 0 saturated heterocycles. The van der Waals surface area contributed by atoms with Crippen molar-refractivity contribution in [3.05, 3.63) is 35.9 Å². The van der Waals surface area contributed by atoms with E-state index in [0.717, 1.165) is 5.56 Å². The highest BCUT2D eigenvalue weighted by Gasteiger charge is 2.33. The average Bonchev–Trinajstić information content (AvgIpc) is 2.79. The van der Waals surface area contributed by atoms with Gasteiger partial charge in [0.25, 0.3) is 0 Å². The second kappa shape index (κ2) is 14.1. The summed E-state index contributed by atoms with van der Waals surface area (Å²) in [6.07, 6.45) is -0.0387. The number of carbonyl (C=O) groups is 5. The molecule has 0 bridgehead atoms. The van der Waals surface area contributed by atoms with Gasteiger partial charge >= 0.3 is 11.9 Å². The zero-order chi connectivity index (χ0) is 26.7. The Labute approximate surface area is 204 Å². The molecule has 0 aliphatic heterocycles. The molecule has 0 aliphatic rings. The lowest BCUT2D eigenvalue weighted by atomic mass is 9.96. The molecule has 5 atom stereocenters. The van der Waals surface area contributed by atoms with Crippen LogP contribution in [0, 0.1) is 11.8 Å². The summed E-state index contributed by atoms with van der Waals surface area (Å²) in [6.45, 7) is 6.87. The fraction of sp³-hybridized carbons (Fsp3) is 0.542. The van der Waals surface area contributed by atoms with Gasteiger partial charge in [0.2, 0.25) is 17.7 Å². The first-order valence-electron chi connectivity index (χ1n) is 11.5. The van der Waals surface area contributed by atoms with Crippen LogP contribution in [0.1, 0.15) is 46.1 Å². The molecule has 5 unspecified atom stereocenters. The normalized spacial score (nSPS) is 15.3. The summed E-state index contributed by atoms with van der Waals surface area (Å²) < 4.78 is 0. The number of nitrogens with one attached hydrogen (secondary N) is 3. The van der Waals surface area contributed by atoms with Gasteiger partial charge in [-0.1, -0.05) is 64.4 Å². The Morgan fingerprint density at radius 2 is 1.43 bits per heavy atom. The molecule has 0 fully saturated rings. The molecule has 0 aliphatic carbocycles. The van der Waals surface area contributed by atoms with Crippen molar-refractivity contribution in [2.45, 2.75) is 71.1 Å². The third kappa shape index (κ3) is 9.73. The molecule has 11 heteroatoms. The van der Waals surface area contributed by atoms with Crippen LogP contribution in [0.4, 0.5) is 0 Å². The largest absolute Gasteiger partial charge is 0.481 e. The van der Waals surface area contributed by atoms with Crippen molar-refractivity contribution in [1.29, 1.82) is 0 Å². The van der Waals surface area contributed by atoms with E-state index in [1.807, 2.05) is 6.92 Å². The van der Waals surface area contributed by atoms with Crippen molar-refractivity contribution >= 4 is 29.7 Å². The molecule has 35 heavy (non-hydrogen) atoms. The zero-order valence-corrected chi connectivity index (χ0v) is 20.5. The van der Waals surface area contributed by atoms with Gasteiger partial charge in [0, 0.05) is 6.42 Å². The Balaban J connectivity index is 3.14. The molecular weight excluding hydrogens is 456 g/mol. The molecule has 1 rings (SSSR count). The van der Waals surface area contributed by atoms with Gasteiger partial charge < -0.3 is 31.9 Å². The van der Waals surface area contributed by atoms with E-state index in [1.54, 1.807) is 51.1 Å². The number of aliphatic carboxylic acids is 2. The summed E-state index contributed by atoms with van der Waals surface area (Å²) in [6, 6.07) is 4.10. The van der Waals surface area contributed by atoms with Crippen molar-refractivity contribution in [2.75, 3.05) is 0 Å². The van der Waals surface area contributed by atoms with E-state index in [2.05, 4.69) is 16.0 Å². The number of carboxylic acid groups (broad SMARTS) is 2. The summed E-state index contributed by atoms with van der Waals surface area (Å²) in [5.41, 5.74) is 6.36. The molecule has 3 amide bonds. The first kappa shape index (κ1) is 29.6. The lowest BCUT2D eigenvalue weighted by Crippen LogP contribution is -2.59. The van der Waals surface area contributed by atoms with E-state index in [0.29, 0.717) is 6.42 Å². The minimum Gasteiger partial charge on any atom is -0.481 e. The summed E-state index contributed by atoms with van der Waals surface area (Å²) in [7, 11) is 0. The van der Waals surface area contributed by atoms with Crippen molar-refractivity contribution < 1.29 is 34.2 Å². The standard InChI is InChI=1S/C24H36N4O7/c1-5-14(4)20(23(33)27-19(13(2)3)24(34)35)28-22(32)17(11-15-9-7-6-8-10-15)26-21(31)16(25)12-18(29)30/h6-10,13-14,16-17,19-20H,5,11-12,25H2,1-4H3,(H,26,31)(H,27,33)(H,28,32)(H,29,30)(H,34,35). The van der Waals surface area contributed by atoms with Gasteiger partial charge in [0.1, 0.15) is 18.1 Å².